The number of benzene rings is 1. The zero-order chi connectivity index (χ0) is 28.6. The number of ether oxygens (including phenoxy) is 1. The second kappa shape index (κ2) is 10.9. The van der Waals surface area contributed by atoms with Gasteiger partial charge in [-0.3, -0.25) is 9.48 Å². The van der Waals surface area contributed by atoms with Crippen molar-refractivity contribution < 1.29 is 26.9 Å². The molecule has 0 aliphatic heterocycles. The van der Waals surface area contributed by atoms with E-state index in [1.54, 1.807) is 7.05 Å². The molecule has 12 nitrogen and oxygen atoms in total. The van der Waals surface area contributed by atoms with Crippen molar-refractivity contribution in [2.45, 2.75) is 75.7 Å². The highest BCUT2D eigenvalue weighted by atomic mass is 32.2. The van der Waals surface area contributed by atoms with Crippen molar-refractivity contribution >= 4 is 27.0 Å². The number of halogens is 1. The third kappa shape index (κ3) is 5.40. The molecule has 14 heteroatoms. The monoisotopic (exact) mass is 571 g/mol. The molecule has 0 spiro atoms. The summed E-state index contributed by atoms with van der Waals surface area (Å²) in [7, 11) is -2.57. The quantitative estimate of drug-likeness (QED) is 0.328. The summed E-state index contributed by atoms with van der Waals surface area (Å²) in [4.78, 5) is 24.4. The van der Waals surface area contributed by atoms with E-state index in [0.29, 0.717) is 28.4 Å². The molecule has 3 aromatic heterocycles. The van der Waals surface area contributed by atoms with Crippen LogP contribution in [-0.4, -0.2) is 50.3 Å². The standard InChI is InChI=1S/C26H30FN7O5S/c1-5-20(35)33-40(36,37)17-10-11-18(19(27)12-17)23-21-22(31-34(23)4)26(29-13-28-21)38-16-8-6-15(7-9-16)25-30-24(14(2)3)32-39-25/h10-16H,5-9H2,1-4H3,(H,33,35). The highest BCUT2D eigenvalue weighted by Crippen LogP contribution is 2.37. The Morgan fingerprint density at radius 1 is 1.20 bits per heavy atom. The van der Waals surface area contributed by atoms with Gasteiger partial charge in [-0.1, -0.05) is 25.9 Å². The highest BCUT2D eigenvalue weighted by Gasteiger charge is 2.29. The van der Waals surface area contributed by atoms with Gasteiger partial charge in [0.15, 0.2) is 11.3 Å². The number of aromatic nitrogens is 6. The lowest BCUT2D eigenvalue weighted by molar-refractivity contribution is -0.119. The van der Waals surface area contributed by atoms with Crippen LogP contribution in [0.15, 0.2) is 33.9 Å². The first-order valence-electron chi connectivity index (χ1n) is 13.1. The van der Waals surface area contributed by atoms with E-state index in [1.807, 2.05) is 18.6 Å². The third-order valence-electron chi connectivity index (χ3n) is 6.94. The van der Waals surface area contributed by atoms with E-state index in [1.165, 1.54) is 30.1 Å². The van der Waals surface area contributed by atoms with E-state index in [2.05, 4.69) is 25.2 Å². The molecular formula is C26H30FN7O5S. The Hall–Kier alpha value is -3.94. The summed E-state index contributed by atoms with van der Waals surface area (Å²) < 4.78 is 55.2. The van der Waals surface area contributed by atoms with Crippen LogP contribution in [0, 0.1) is 5.82 Å². The summed E-state index contributed by atoms with van der Waals surface area (Å²) in [5.74, 6) is 0.545. The summed E-state index contributed by atoms with van der Waals surface area (Å²) in [6.45, 7) is 5.56. The van der Waals surface area contributed by atoms with E-state index < -0.39 is 21.7 Å². The Bertz CT molecular complexity index is 1660. The van der Waals surface area contributed by atoms with Crippen LogP contribution >= 0.6 is 0 Å². The topological polar surface area (TPSA) is 155 Å². The number of hydrogen-bond donors (Lipinski definition) is 1. The number of nitrogens with zero attached hydrogens (tertiary/aromatic N) is 6. The van der Waals surface area contributed by atoms with Gasteiger partial charge in [0.1, 0.15) is 23.8 Å². The van der Waals surface area contributed by atoms with Crippen LogP contribution < -0.4 is 9.46 Å². The highest BCUT2D eigenvalue weighted by molar-refractivity contribution is 7.90. The maximum Gasteiger partial charge on any atom is 0.264 e. The molecule has 1 aromatic carbocycles. The average Bonchev–Trinajstić information content (AvgIpc) is 3.54. The van der Waals surface area contributed by atoms with Gasteiger partial charge in [0.2, 0.25) is 17.7 Å². The van der Waals surface area contributed by atoms with Gasteiger partial charge in [-0.25, -0.2) is 22.5 Å². The molecule has 0 atom stereocenters. The third-order valence-corrected chi connectivity index (χ3v) is 8.31. The fraction of sp³-hybridized carbons (Fsp3) is 0.462. The minimum Gasteiger partial charge on any atom is -0.473 e. The molecule has 4 aromatic rings. The van der Waals surface area contributed by atoms with Crippen molar-refractivity contribution in [3.8, 4) is 17.1 Å². The van der Waals surface area contributed by atoms with Gasteiger partial charge in [-0.15, -0.1) is 0 Å². The molecular weight excluding hydrogens is 541 g/mol. The van der Waals surface area contributed by atoms with Gasteiger partial charge < -0.3 is 9.26 Å². The van der Waals surface area contributed by atoms with Crippen LogP contribution in [0.25, 0.3) is 22.3 Å². The number of sulfonamides is 1. The minimum absolute atomic E-state index is 0.0237. The fourth-order valence-corrected chi connectivity index (χ4v) is 5.80. The molecule has 5 rings (SSSR count). The van der Waals surface area contributed by atoms with Crippen LogP contribution in [0.1, 0.15) is 76.4 Å². The molecule has 1 N–H and O–H groups in total. The molecule has 3 heterocycles. The molecule has 1 aliphatic rings. The Labute approximate surface area is 230 Å². The number of carbonyl (C=O) groups excluding carboxylic acids is 1. The second-order valence-electron chi connectivity index (χ2n) is 10.1. The van der Waals surface area contributed by atoms with E-state index >= 15 is 4.39 Å². The Morgan fingerprint density at radius 3 is 2.60 bits per heavy atom. The normalized spacial score (nSPS) is 17.9. The van der Waals surface area contributed by atoms with E-state index in [9.17, 15) is 13.2 Å². The maximum atomic E-state index is 15.3. The molecule has 0 saturated heterocycles. The molecule has 0 unspecified atom stereocenters. The minimum atomic E-state index is -4.20. The average molecular weight is 572 g/mol. The van der Waals surface area contributed by atoms with Crippen LogP contribution in [0.3, 0.4) is 0 Å². The predicted molar refractivity (Wildman–Crippen MR) is 141 cm³/mol. The van der Waals surface area contributed by atoms with E-state index in [0.717, 1.165) is 31.7 Å². The first-order chi connectivity index (χ1) is 19.1. The first-order valence-corrected chi connectivity index (χ1v) is 14.6. The zero-order valence-electron chi connectivity index (χ0n) is 22.6. The summed E-state index contributed by atoms with van der Waals surface area (Å²) >= 11 is 0. The van der Waals surface area contributed by atoms with Gasteiger partial charge in [-0.2, -0.15) is 15.1 Å². The van der Waals surface area contributed by atoms with Crippen LogP contribution in [-0.2, 0) is 21.9 Å². The van der Waals surface area contributed by atoms with Crippen LogP contribution in [0.2, 0.25) is 0 Å². The Kier molecular flexibility index (Phi) is 7.53. The Balaban J connectivity index is 1.35. The van der Waals surface area contributed by atoms with Crippen molar-refractivity contribution in [2.75, 3.05) is 0 Å². The molecule has 1 saturated carbocycles. The smallest absolute Gasteiger partial charge is 0.264 e. The number of carbonyl (C=O) groups is 1. The van der Waals surface area contributed by atoms with E-state index in [-0.39, 0.29) is 40.7 Å². The molecule has 212 valence electrons. The summed E-state index contributed by atoms with van der Waals surface area (Å²) in [5.41, 5.74) is 1.16. The molecule has 0 radical (unpaired) electrons. The van der Waals surface area contributed by atoms with Crippen molar-refractivity contribution in [1.82, 2.24) is 34.6 Å². The number of aryl methyl sites for hydroxylation is 1. The summed E-state index contributed by atoms with van der Waals surface area (Å²) in [6, 6.07) is 3.42. The number of amides is 1. The molecule has 1 amide bonds. The van der Waals surface area contributed by atoms with Gasteiger partial charge in [0.05, 0.1) is 10.6 Å². The zero-order valence-corrected chi connectivity index (χ0v) is 23.4. The van der Waals surface area contributed by atoms with Crippen molar-refractivity contribution in [2.24, 2.45) is 7.05 Å². The largest absolute Gasteiger partial charge is 0.473 e. The first kappa shape index (κ1) is 27.6. The predicted octanol–water partition coefficient (Wildman–Crippen LogP) is 4.00. The van der Waals surface area contributed by atoms with Crippen LogP contribution in [0.4, 0.5) is 4.39 Å². The Morgan fingerprint density at radius 2 is 1.95 bits per heavy atom. The molecule has 0 bridgehead atoms. The lowest BCUT2D eigenvalue weighted by Gasteiger charge is -2.26. The van der Waals surface area contributed by atoms with Gasteiger partial charge in [0.25, 0.3) is 10.0 Å². The van der Waals surface area contributed by atoms with Crippen molar-refractivity contribution in [3.63, 3.8) is 0 Å². The van der Waals surface area contributed by atoms with E-state index in [4.69, 9.17) is 9.26 Å². The number of rotatable bonds is 8. The van der Waals surface area contributed by atoms with Gasteiger partial charge in [-0.05, 0) is 43.9 Å². The van der Waals surface area contributed by atoms with Gasteiger partial charge >= 0.3 is 0 Å². The number of fused-ring (bicyclic) bond motifs is 1. The SMILES string of the molecule is CCC(=O)NS(=O)(=O)c1ccc(-c2c3ncnc(OC4CCC(c5nc(C(C)C)no5)CC4)c3nn2C)c(F)c1. The lowest BCUT2D eigenvalue weighted by atomic mass is 9.87. The molecule has 1 fully saturated rings. The fourth-order valence-electron chi connectivity index (χ4n) is 4.74. The lowest BCUT2D eigenvalue weighted by Crippen LogP contribution is -2.29. The van der Waals surface area contributed by atoms with Gasteiger partial charge in [0, 0.05) is 30.9 Å². The van der Waals surface area contributed by atoms with Crippen molar-refractivity contribution in [3.05, 3.63) is 42.1 Å². The summed E-state index contributed by atoms with van der Waals surface area (Å²) in [6.07, 6.45) is 4.37. The maximum absolute atomic E-state index is 15.3. The summed E-state index contributed by atoms with van der Waals surface area (Å²) in [5, 5.41) is 8.56. The van der Waals surface area contributed by atoms with Crippen molar-refractivity contribution in [1.29, 1.82) is 0 Å². The second-order valence-corrected chi connectivity index (χ2v) is 11.8. The number of hydrogen-bond acceptors (Lipinski definition) is 10. The molecule has 40 heavy (non-hydrogen) atoms. The number of nitrogens with one attached hydrogen (secondary N) is 1. The van der Waals surface area contributed by atoms with Crippen LogP contribution in [0.5, 0.6) is 5.88 Å². The molecule has 1 aliphatic carbocycles.